The van der Waals surface area contributed by atoms with Crippen LogP contribution in [-0.2, 0) is 12.8 Å². The van der Waals surface area contributed by atoms with Crippen LogP contribution in [0.5, 0.6) is 0 Å². The molecular weight excluding hydrogens is 601 g/mol. The van der Waals surface area contributed by atoms with Crippen molar-refractivity contribution in [3.05, 3.63) is 155 Å². The Hall–Kier alpha value is -4.42. The molecule has 0 aliphatic heterocycles. The highest BCUT2D eigenvalue weighted by Crippen LogP contribution is 2.24. The molecule has 0 spiro atoms. The minimum Gasteiger partial charge on any atom is -0.0654 e. The summed E-state index contributed by atoms with van der Waals surface area (Å²) in [5.41, 5.74) is 12.9. The van der Waals surface area contributed by atoms with Gasteiger partial charge in [0.2, 0.25) is 0 Å². The maximum Gasteiger partial charge on any atom is -0.0184 e. The van der Waals surface area contributed by atoms with Gasteiger partial charge in [-0.1, -0.05) is 224 Å². The molecule has 0 unspecified atom stereocenters. The number of rotatable bonds is 20. The van der Waals surface area contributed by atoms with E-state index in [0.29, 0.717) is 0 Å². The molecule has 0 aliphatic carbocycles. The van der Waals surface area contributed by atoms with Crippen molar-refractivity contribution in [1.82, 2.24) is 0 Å². The zero-order valence-electron chi connectivity index (χ0n) is 30.8. The van der Waals surface area contributed by atoms with Crippen LogP contribution in [0.3, 0.4) is 0 Å². The molecule has 0 radical (unpaired) electrons. The molecule has 5 aromatic carbocycles. The van der Waals surface area contributed by atoms with Crippen molar-refractivity contribution in [3.63, 3.8) is 0 Å². The monoisotopic (exact) mass is 658 g/mol. The smallest absolute Gasteiger partial charge is 0.0184 e. The van der Waals surface area contributed by atoms with Gasteiger partial charge in [0.15, 0.2) is 0 Å². The van der Waals surface area contributed by atoms with Crippen molar-refractivity contribution in [2.75, 3.05) is 0 Å². The number of hydrogen-bond acceptors (Lipinski definition) is 0. The summed E-state index contributed by atoms with van der Waals surface area (Å²) in [6.07, 6.45) is 27.4. The second kappa shape index (κ2) is 20.9. The largest absolute Gasteiger partial charge is 0.0654 e. The number of benzene rings is 5. The second-order valence-corrected chi connectivity index (χ2v) is 14.0. The third-order valence-electron chi connectivity index (χ3n) is 9.91. The second-order valence-electron chi connectivity index (χ2n) is 14.0. The van der Waals surface area contributed by atoms with Crippen LogP contribution < -0.4 is 0 Å². The zero-order chi connectivity index (χ0) is 34.6. The molecule has 0 heteroatoms. The number of aryl methyl sites for hydroxylation is 2. The predicted molar refractivity (Wildman–Crippen MR) is 222 cm³/mol. The summed E-state index contributed by atoms with van der Waals surface area (Å²) in [7, 11) is 0. The van der Waals surface area contributed by atoms with Crippen LogP contribution in [0.15, 0.2) is 121 Å². The molecule has 0 saturated heterocycles. The van der Waals surface area contributed by atoms with Crippen LogP contribution in [0.4, 0.5) is 0 Å². The molecule has 5 rings (SSSR count). The average Bonchev–Trinajstić information content (AvgIpc) is 3.17. The van der Waals surface area contributed by atoms with Crippen molar-refractivity contribution in [1.29, 1.82) is 0 Å². The van der Waals surface area contributed by atoms with E-state index in [4.69, 9.17) is 0 Å². The third-order valence-corrected chi connectivity index (χ3v) is 9.91. The van der Waals surface area contributed by atoms with E-state index in [1.54, 1.807) is 0 Å². The third kappa shape index (κ3) is 12.5. The molecule has 0 aromatic heterocycles. The molecule has 0 saturated carbocycles. The summed E-state index contributed by atoms with van der Waals surface area (Å²) in [5.74, 6) is 0. The Kier molecular flexibility index (Phi) is 15.4. The lowest BCUT2D eigenvalue weighted by Gasteiger charge is -2.06. The van der Waals surface area contributed by atoms with E-state index >= 15 is 0 Å². The highest BCUT2D eigenvalue weighted by molar-refractivity contribution is 5.75. The molecule has 50 heavy (non-hydrogen) atoms. The number of unbranched alkanes of at least 4 members (excludes halogenated alkanes) is 10. The van der Waals surface area contributed by atoms with E-state index in [1.807, 2.05) is 0 Å². The van der Waals surface area contributed by atoms with Crippen molar-refractivity contribution >= 4 is 24.3 Å². The highest BCUT2D eigenvalue weighted by Gasteiger charge is 2.02. The summed E-state index contributed by atoms with van der Waals surface area (Å²) >= 11 is 0. The molecule has 0 bridgehead atoms. The summed E-state index contributed by atoms with van der Waals surface area (Å²) in [5, 5.41) is 0. The minimum absolute atomic E-state index is 1.19. The molecule has 0 atom stereocenters. The molecule has 0 fully saturated rings. The van der Waals surface area contributed by atoms with Crippen LogP contribution in [-0.4, -0.2) is 0 Å². The Labute approximate surface area is 304 Å². The quantitative estimate of drug-likeness (QED) is 0.0577. The van der Waals surface area contributed by atoms with Gasteiger partial charge in [-0.15, -0.1) is 0 Å². The van der Waals surface area contributed by atoms with Gasteiger partial charge in [0, 0.05) is 0 Å². The van der Waals surface area contributed by atoms with Crippen LogP contribution >= 0.6 is 0 Å². The standard InChI is InChI=1S/C50H58/c1-3-5-7-9-11-13-15-41-25-33-47(34-26-41)49-37-29-45(30-38-49)23-21-43-17-19-44(20-18-43)22-24-46-31-39-50(40-32-46)48-35-27-42(28-36-48)16-14-12-10-8-6-4-2/h17-40H,3-16H2,1-2H3/b23-21+,24-22+. The fourth-order valence-corrected chi connectivity index (χ4v) is 6.62. The van der Waals surface area contributed by atoms with Gasteiger partial charge in [0.1, 0.15) is 0 Å². The van der Waals surface area contributed by atoms with E-state index in [-0.39, 0.29) is 0 Å². The summed E-state index contributed by atoms with van der Waals surface area (Å²) < 4.78 is 0. The molecule has 0 aliphatic rings. The van der Waals surface area contributed by atoms with E-state index in [1.165, 1.54) is 146 Å². The fraction of sp³-hybridized carbons (Fsp3) is 0.320. The van der Waals surface area contributed by atoms with Gasteiger partial charge in [-0.05, 0) is 81.3 Å². The Morgan fingerprint density at radius 1 is 0.280 bits per heavy atom. The molecule has 5 aromatic rings. The minimum atomic E-state index is 1.19. The topological polar surface area (TPSA) is 0 Å². The van der Waals surface area contributed by atoms with Gasteiger partial charge in [-0.2, -0.15) is 0 Å². The highest BCUT2D eigenvalue weighted by atomic mass is 14.1. The summed E-state index contributed by atoms with van der Waals surface area (Å²) in [6.45, 7) is 4.56. The van der Waals surface area contributed by atoms with Gasteiger partial charge in [-0.3, -0.25) is 0 Å². The van der Waals surface area contributed by atoms with Crippen LogP contribution in [0.25, 0.3) is 46.6 Å². The average molecular weight is 659 g/mol. The van der Waals surface area contributed by atoms with Crippen molar-refractivity contribution in [2.24, 2.45) is 0 Å². The summed E-state index contributed by atoms with van der Waals surface area (Å²) in [4.78, 5) is 0. The summed E-state index contributed by atoms with van der Waals surface area (Å²) in [6, 6.07) is 44.9. The molecule has 0 heterocycles. The van der Waals surface area contributed by atoms with Gasteiger partial charge in [0.05, 0.1) is 0 Å². The first-order chi connectivity index (χ1) is 24.7. The van der Waals surface area contributed by atoms with E-state index < -0.39 is 0 Å². The van der Waals surface area contributed by atoms with Crippen molar-refractivity contribution in [3.8, 4) is 22.3 Å². The molecular formula is C50H58. The lowest BCUT2D eigenvalue weighted by Crippen LogP contribution is -1.87. The van der Waals surface area contributed by atoms with Gasteiger partial charge in [-0.25, -0.2) is 0 Å². The van der Waals surface area contributed by atoms with E-state index in [2.05, 4.69) is 159 Å². The predicted octanol–water partition coefficient (Wildman–Crippen LogP) is 15.2. The molecule has 0 amide bonds. The maximum atomic E-state index is 2.31. The van der Waals surface area contributed by atoms with Crippen LogP contribution in [0.1, 0.15) is 124 Å². The normalized spacial score (nSPS) is 11.6. The SMILES string of the molecule is CCCCCCCCc1ccc(-c2ccc(/C=C/c3ccc(/C=C/c4ccc(-c5ccc(CCCCCCCC)cc5)cc4)cc3)cc2)cc1. The lowest BCUT2D eigenvalue weighted by atomic mass is 9.99. The lowest BCUT2D eigenvalue weighted by molar-refractivity contribution is 0.607. The van der Waals surface area contributed by atoms with Crippen molar-refractivity contribution < 1.29 is 0 Å². The zero-order valence-corrected chi connectivity index (χ0v) is 30.8. The first-order valence-electron chi connectivity index (χ1n) is 19.5. The fourth-order valence-electron chi connectivity index (χ4n) is 6.62. The van der Waals surface area contributed by atoms with Crippen molar-refractivity contribution in [2.45, 2.75) is 104 Å². The first kappa shape index (κ1) is 36.9. The van der Waals surface area contributed by atoms with Gasteiger partial charge in [0.25, 0.3) is 0 Å². The van der Waals surface area contributed by atoms with Crippen LogP contribution in [0, 0.1) is 0 Å². The molecule has 0 N–H and O–H groups in total. The Bertz CT molecular complexity index is 1570. The van der Waals surface area contributed by atoms with Gasteiger partial charge < -0.3 is 0 Å². The van der Waals surface area contributed by atoms with Crippen LogP contribution in [0.2, 0.25) is 0 Å². The van der Waals surface area contributed by atoms with E-state index in [0.717, 1.165) is 0 Å². The Morgan fingerprint density at radius 3 is 0.820 bits per heavy atom. The molecule has 258 valence electrons. The maximum absolute atomic E-state index is 2.31. The first-order valence-corrected chi connectivity index (χ1v) is 19.5. The van der Waals surface area contributed by atoms with E-state index in [9.17, 15) is 0 Å². The molecule has 0 nitrogen and oxygen atoms in total. The number of hydrogen-bond donors (Lipinski definition) is 0. The Morgan fingerprint density at radius 2 is 0.520 bits per heavy atom. The Balaban J connectivity index is 1.06. The van der Waals surface area contributed by atoms with Gasteiger partial charge >= 0.3 is 0 Å².